The molecule has 0 radical (unpaired) electrons. The minimum absolute atomic E-state index is 0.287. The van der Waals surface area contributed by atoms with Crippen LogP contribution >= 0.6 is 0 Å². The molecule has 0 fully saturated rings. The van der Waals surface area contributed by atoms with Gasteiger partial charge in [0.05, 0.1) is 39.8 Å². The quantitative estimate of drug-likeness (QED) is 0.157. The molecule has 1 amide bonds. The van der Waals surface area contributed by atoms with E-state index in [0.29, 0.717) is 35.1 Å². The zero-order valence-corrected chi connectivity index (χ0v) is 22.0. The smallest absolute Gasteiger partial charge is 0.289 e. The summed E-state index contributed by atoms with van der Waals surface area (Å²) in [7, 11) is 4.59. The van der Waals surface area contributed by atoms with Gasteiger partial charge in [-0.15, -0.1) is 0 Å². The number of H-pyrrole nitrogens is 1. The number of hydrogen-bond acceptors (Lipinski definition) is 7. The van der Waals surface area contributed by atoms with Crippen molar-refractivity contribution >= 4 is 12.1 Å². The highest BCUT2D eigenvalue weighted by molar-refractivity contribution is 5.94. The Morgan fingerprint density at radius 2 is 1.68 bits per heavy atom. The number of rotatable bonds is 15. The van der Waals surface area contributed by atoms with E-state index in [9.17, 15) is 4.79 Å². The first-order valence-electron chi connectivity index (χ1n) is 12.5. The topological polar surface area (TPSA) is 107 Å². The van der Waals surface area contributed by atoms with Crippen molar-refractivity contribution in [3.63, 3.8) is 0 Å². The molecule has 0 atom stereocenters. The lowest BCUT2D eigenvalue weighted by atomic mass is 10.1. The number of nitrogens with one attached hydrogen (secondary N) is 2. The first kappa shape index (κ1) is 27.6. The van der Waals surface area contributed by atoms with Crippen LogP contribution in [0.5, 0.6) is 23.0 Å². The monoisotopic (exact) mass is 508 g/mol. The van der Waals surface area contributed by atoms with Gasteiger partial charge in [0.15, 0.2) is 11.5 Å². The number of carbonyl (C=O) groups excluding carboxylic acids is 1. The Hall–Kier alpha value is -4.01. The molecular formula is C28H36N4O5. The molecule has 1 heterocycles. The molecule has 3 aromatic rings. The summed E-state index contributed by atoms with van der Waals surface area (Å²) in [6, 6.07) is 12.9. The highest BCUT2D eigenvalue weighted by Gasteiger charge is 2.15. The minimum atomic E-state index is -0.423. The van der Waals surface area contributed by atoms with E-state index in [1.165, 1.54) is 52.5 Å². The van der Waals surface area contributed by atoms with Crippen LogP contribution in [0.3, 0.4) is 0 Å². The molecule has 9 nitrogen and oxygen atoms in total. The van der Waals surface area contributed by atoms with Crippen molar-refractivity contribution in [2.75, 3.05) is 27.9 Å². The summed E-state index contributed by atoms with van der Waals surface area (Å²) in [5.74, 6) is 1.82. The molecular weight excluding hydrogens is 472 g/mol. The average molecular weight is 509 g/mol. The number of methoxy groups -OCH3 is 3. The summed E-state index contributed by atoms with van der Waals surface area (Å²) in [5.41, 5.74) is 4.92. The van der Waals surface area contributed by atoms with Gasteiger partial charge >= 0.3 is 0 Å². The van der Waals surface area contributed by atoms with Crippen LogP contribution in [0.15, 0.2) is 47.6 Å². The van der Waals surface area contributed by atoms with Crippen LogP contribution in [0.1, 0.15) is 61.5 Å². The zero-order chi connectivity index (χ0) is 26.5. The molecule has 0 aliphatic heterocycles. The van der Waals surface area contributed by atoms with Crippen LogP contribution in [-0.4, -0.2) is 50.3 Å². The van der Waals surface area contributed by atoms with Crippen LogP contribution in [-0.2, 0) is 0 Å². The lowest BCUT2D eigenvalue weighted by Crippen LogP contribution is -2.18. The van der Waals surface area contributed by atoms with Crippen molar-refractivity contribution in [1.29, 1.82) is 0 Å². The predicted molar refractivity (Wildman–Crippen MR) is 144 cm³/mol. The molecule has 2 aromatic carbocycles. The Bertz CT molecular complexity index is 1160. The second kappa shape index (κ2) is 14.5. The van der Waals surface area contributed by atoms with E-state index < -0.39 is 5.91 Å². The van der Waals surface area contributed by atoms with E-state index in [1.54, 1.807) is 25.3 Å². The van der Waals surface area contributed by atoms with E-state index in [1.807, 2.05) is 24.3 Å². The highest BCUT2D eigenvalue weighted by Crippen LogP contribution is 2.39. The number of hydrogen-bond donors (Lipinski definition) is 2. The largest absolute Gasteiger partial charge is 0.494 e. The summed E-state index contributed by atoms with van der Waals surface area (Å²) in [6.45, 7) is 2.94. The number of unbranched alkanes of at least 4 members (excludes halogenated alkanes) is 5. The van der Waals surface area contributed by atoms with Gasteiger partial charge in [-0.3, -0.25) is 9.89 Å². The molecule has 0 spiro atoms. The van der Waals surface area contributed by atoms with E-state index in [-0.39, 0.29) is 5.69 Å². The SMILES string of the molecule is CCCCCCCCOc1ccc(-c2cc(C(=O)N/N=C\c3ccc(OC)c(OC)c3OC)[nH]n2)cc1. The Morgan fingerprint density at radius 1 is 0.946 bits per heavy atom. The maximum absolute atomic E-state index is 12.5. The molecule has 0 aliphatic carbocycles. The molecule has 0 saturated heterocycles. The van der Waals surface area contributed by atoms with Crippen LogP contribution in [0.2, 0.25) is 0 Å². The lowest BCUT2D eigenvalue weighted by molar-refractivity contribution is 0.0950. The second-order valence-corrected chi connectivity index (χ2v) is 8.43. The first-order valence-corrected chi connectivity index (χ1v) is 12.5. The Balaban J connectivity index is 1.53. The zero-order valence-electron chi connectivity index (χ0n) is 22.0. The van der Waals surface area contributed by atoms with E-state index in [2.05, 4.69) is 27.6 Å². The first-order chi connectivity index (χ1) is 18.1. The number of nitrogens with zero attached hydrogens (tertiary/aromatic N) is 2. The molecule has 3 rings (SSSR count). The maximum atomic E-state index is 12.5. The molecule has 1 aromatic heterocycles. The van der Waals surface area contributed by atoms with E-state index in [0.717, 1.165) is 17.7 Å². The van der Waals surface area contributed by atoms with Gasteiger partial charge in [-0.05, 0) is 48.9 Å². The fourth-order valence-electron chi connectivity index (χ4n) is 3.83. The summed E-state index contributed by atoms with van der Waals surface area (Å²) >= 11 is 0. The molecule has 0 unspecified atom stereocenters. The van der Waals surface area contributed by atoms with Gasteiger partial charge in [0.25, 0.3) is 5.91 Å². The lowest BCUT2D eigenvalue weighted by Gasteiger charge is -2.13. The standard InChI is InChI=1S/C28H36N4O5/c1-5-6-7-8-9-10-17-37-22-14-11-20(12-15-22)23-18-24(31-30-23)28(33)32-29-19-21-13-16-25(34-2)27(36-4)26(21)35-3/h11-16,18-19H,5-10,17H2,1-4H3,(H,30,31)(H,32,33)/b29-19-. The third kappa shape index (κ3) is 7.73. The Morgan fingerprint density at radius 3 is 2.38 bits per heavy atom. The molecule has 0 bridgehead atoms. The fourth-order valence-corrected chi connectivity index (χ4v) is 3.83. The van der Waals surface area contributed by atoms with Crippen molar-refractivity contribution in [3.05, 3.63) is 53.7 Å². The van der Waals surface area contributed by atoms with Crippen LogP contribution in [0, 0.1) is 0 Å². The number of carbonyl (C=O) groups is 1. The van der Waals surface area contributed by atoms with Gasteiger partial charge in [0.2, 0.25) is 5.75 Å². The summed E-state index contributed by atoms with van der Waals surface area (Å²) < 4.78 is 21.9. The average Bonchev–Trinajstić information content (AvgIpc) is 3.43. The van der Waals surface area contributed by atoms with Crippen molar-refractivity contribution in [3.8, 4) is 34.3 Å². The van der Waals surface area contributed by atoms with Crippen molar-refractivity contribution < 1.29 is 23.7 Å². The minimum Gasteiger partial charge on any atom is -0.494 e. The number of aromatic amines is 1. The number of hydrazone groups is 1. The molecule has 0 aliphatic rings. The number of benzene rings is 2. The predicted octanol–water partition coefficient (Wildman–Crippen LogP) is 5.61. The Labute approximate surface area is 218 Å². The van der Waals surface area contributed by atoms with Gasteiger partial charge in [0.1, 0.15) is 11.4 Å². The third-order valence-electron chi connectivity index (χ3n) is 5.84. The van der Waals surface area contributed by atoms with Gasteiger partial charge in [-0.25, -0.2) is 5.43 Å². The summed E-state index contributed by atoms with van der Waals surface area (Å²) in [4.78, 5) is 12.5. The number of aromatic nitrogens is 2. The molecule has 2 N–H and O–H groups in total. The molecule has 198 valence electrons. The van der Waals surface area contributed by atoms with Gasteiger partial charge in [0, 0.05) is 11.1 Å². The van der Waals surface area contributed by atoms with E-state index in [4.69, 9.17) is 18.9 Å². The van der Waals surface area contributed by atoms with E-state index >= 15 is 0 Å². The second-order valence-electron chi connectivity index (χ2n) is 8.43. The van der Waals surface area contributed by atoms with Crippen molar-refractivity contribution in [2.45, 2.75) is 45.4 Å². The maximum Gasteiger partial charge on any atom is 0.289 e. The normalized spacial score (nSPS) is 10.9. The summed E-state index contributed by atoms with van der Waals surface area (Å²) in [5, 5.41) is 11.1. The highest BCUT2D eigenvalue weighted by atomic mass is 16.5. The van der Waals surface area contributed by atoms with Gasteiger partial charge in [-0.2, -0.15) is 10.2 Å². The molecule has 37 heavy (non-hydrogen) atoms. The summed E-state index contributed by atoms with van der Waals surface area (Å²) in [6.07, 6.45) is 8.86. The van der Waals surface area contributed by atoms with Crippen molar-refractivity contribution in [2.24, 2.45) is 5.10 Å². The third-order valence-corrected chi connectivity index (χ3v) is 5.84. The number of ether oxygens (including phenoxy) is 4. The van der Waals surface area contributed by atoms with Gasteiger partial charge in [-0.1, -0.05) is 39.0 Å². The van der Waals surface area contributed by atoms with Gasteiger partial charge < -0.3 is 18.9 Å². The van der Waals surface area contributed by atoms with Crippen LogP contribution in [0.4, 0.5) is 0 Å². The van der Waals surface area contributed by atoms with Crippen molar-refractivity contribution in [1.82, 2.24) is 15.6 Å². The van der Waals surface area contributed by atoms with Crippen LogP contribution < -0.4 is 24.4 Å². The molecule has 9 heteroatoms. The van der Waals surface area contributed by atoms with Crippen LogP contribution in [0.25, 0.3) is 11.3 Å². The number of amides is 1. The Kier molecular flexibility index (Phi) is 10.8. The fraction of sp³-hybridized carbons (Fsp3) is 0.393. The molecule has 0 saturated carbocycles.